The molecule has 0 unspecified atom stereocenters. The molecule has 26 heavy (non-hydrogen) atoms. The first-order valence-electron chi connectivity index (χ1n) is 8.17. The molecule has 3 nitrogen and oxygen atoms in total. The maximum absolute atomic E-state index is 6.02. The van der Waals surface area contributed by atoms with Gasteiger partial charge in [-0.3, -0.25) is 0 Å². The van der Waals surface area contributed by atoms with Crippen molar-refractivity contribution in [3.63, 3.8) is 0 Å². The van der Waals surface area contributed by atoms with Crippen LogP contribution < -0.4 is 14.8 Å². The first-order chi connectivity index (χ1) is 12.6. The Bertz CT molecular complexity index is 851. The molecular weight excluding hydrogens is 414 g/mol. The molecule has 3 aromatic carbocycles. The van der Waals surface area contributed by atoms with E-state index in [1.54, 1.807) is 7.11 Å². The summed E-state index contributed by atoms with van der Waals surface area (Å²) < 4.78 is 12.2. The minimum absolute atomic E-state index is 0.494. The van der Waals surface area contributed by atoms with Gasteiger partial charge in [-0.2, -0.15) is 0 Å². The predicted octanol–water partition coefficient (Wildman–Crippen LogP) is 6.30. The van der Waals surface area contributed by atoms with Crippen LogP contribution in [0.3, 0.4) is 0 Å². The van der Waals surface area contributed by atoms with Crippen molar-refractivity contribution in [3.05, 3.63) is 87.4 Å². The molecule has 0 bridgehead atoms. The van der Waals surface area contributed by atoms with Crippen LogP contribution in [-0.2, 0) is 13.2 Å². The van der Waals surface area contributed by atoms with Gasteiger partial charge in [0.2, 0.25) is 0 Å². The van der Waals surface area contributed by atoms with Crippen molar-refractivity contribution in [3.8, 4) is 11.5 Å². The maximum Gasteiger partial charge on any atom is 0.124 e. The van der Waals surface area contributed by atoms with E-state index < -0.39 is 0 Å². The van der Waals surface area contributed by atoms with E-state index in [9.17, 15) is 0 Å². The molecule has 0 radical (unpaired) electrons. The SMILES string of the molecule is COc1ccc(NCc2cc(Br)ccc2OCc2ccc(Cl)cc2)cc1. The Hall–Kier alpha value is -2.17. The minimum atomic E-state index is 0.494. The van der Waals surface area contributed by atoms with E-state index in [4.69, 9.17) is 21.1 Å². The van der Waals surface area contributed by atoms with Crippen LogP contribution in [0.15, 0.2) is 71.2 Å². The Morgan fingerprint density at radius 3 is 2.38 bits per heavy atom. The minimum Gasteiger partial charge on any atom is -0.497 e. The highest BCUT2D eigenvalue weighted by Gasteiger charge is 2.06. The number of hydrogen-bond donors (Lipinski definition) is 1. The van der Waals surface area contributed by atoms with E-state index in [1.807, 2.05) is 60.7 Å². The standard InChI is InChI=1S/C21H19BrClNO2/c1-25-20-9-7-19(8-10-20)24-13-16-12-17(22)4-11-21(16)26-14-15-2-5-18(23)6-3-15/h2-12,24H,13-14H2,1H3. The Morgan fingerprint density at radius 2 is 1.69 bits per heavy atom. The normalized spacial score (nSPS) is 10.4. The fourth-order valence-electron chi connectivity index (χ4n) is 2.47. The van der Waals surface area contributed by atoms with Crippen LogP contribution >= 0.6 is 27.5 Å². The molecule has 0 amide bonds. The largest absolute Gasteiger partial charge is 0.497 e. The number of benzene rings is 3. The zero-order chi connectivity index (χ0) is 18.4. The Morgan fingerprint density at radius 1 is 0.962 bits per heavy atom. The highest BCUT2D eigenvalue weighted by Crippen LogP contribution is 2.26. The summed E-state index contributed by atoms with van der Waals surface area (Å²) in [5.41, 5.74) is 3.17. The zero-order valence-corrected chi connectivity index (χ0v) is 16.7. The summed E-state index contributed by atoms with van der Waals surface area (Å²) >= 11 is 9.46. The third kappa shape index (κ3) is 5.16. The van der Waals surface area contributed by atoms with E-state index in [2.05, 4.69) is 27.3 Å². The number of halogens is 2. The summed E-state index contributed by atoms with van der Waals surface area (Å²) in [5.74, 6) is 1.69. The lowest BCUT2D eigenvalue weighted by Gasteiger charge is -2.14. The summed E-state index contributed by atoms with van der Waals surface area (Å²) in [6.07, 6.45) is 0. The van der Waals surface area contributed by atoms with E-state index in [0.717, 1.165) is 37.8 Å². The number of nitrogens with one attached hydrogen (secondary N) is 1. The van der Waals surface area contributed by atoms with Crippen molar-refractivity contribution in [1.82, 2.24) is 0 Å². The molecule has 0 heterocycles. The fraction of sp³-hybridized carbons (Fsp3) is 0.143. The summed E-state index contributed by atoms with van der Waals surface area (Å²) in [7, 11) is 1.66. The molecule has 0 saturated carbocycles. The number of ether oxygens (including phenoxy) is 2. The summed E-state index contributed by atoms with van der Waals surface area (Å²) in [6.45, 7) is 1.15. The molecule has 0 aliphatic rings. The molecule has 0 aromatic heterocycles. The van der Waals surface area contributed by atoms with Gasteiger partial charge in [-0.1, -0.05) is 39.7 Å². The van der Waals surface area contributed by atoms with Crippen molar-refractivity contribution in [2.45, 2.75) is 13.2 Å². The quantitative estimate of drug-likeness (QED) is 0.475. The van der Waals surface area contributed by atoms with Gasteiger partial charge in [-0.25, -0.2) is 0 Å². The second-order valence-electron chi connectivity index (χ2n) is 5.75. The zero-order valence-electron chi connectivity index (χ0n) is 14.3. The first-order valence-corrected chi connectivity index (χ1v) is 9.35. The monoisotopic (exact) mass is 431 g/mol. The average molecular weight is 433 g/mol. The Balaban J connectivity index is 1.67. The van der Waals surface area contributed by atoms with Crippen LogP contribution in [0.1, 0.15) is 11.1 Å². The molecule has 3 rings (SSSR count). The van der Waals surface area contributed by atoms with Crippen LogP contribution in [0, 0.1) is 0 Å². The van der Waals surface area contributed by atoms with Gasteiger partial charge in [-0.15, -0.1) is 0 Å². The molecule has 134 valence electrons. The van der Waals surface area contributed by atoms with Gasteiger partial charge in [0.25, 0.3) is 0 Å². The molecule has 0 fully saturated rings. The highest BCUT2D eigenvalue weighted by atomic mass is 79.9. The number of methoxy groups -OCH3 is 1. The van der Waals surface area contributed by atoms with Gasteiger partial charge in [0.15, 0.2) is 0 Å². The van der Waals surface area contributed by atoms with E-state index in [1.165, 1.54) is 0 Å². The second-order valence-corrected chi connectivity index (χ2v) is 7.10. The molecule has 5 heteroatoms. The van der Waals surface area contributed by atoms with Crippen LogP contribution in [-0.4, -0.2) is 7.11 Å². The van der Waals surface area contributed by atoms with Crippen molar-refractivity contribution >= 4 is 33.2 Å². The van der Waals surface area contributed by atoms with Gasteiger partial charge in [0, 0.05) is 27.3 Å². The lowest BCUT2D eigenvalue weighted by molar-refractivity contribution is 0.303. The molecule has 0 aliphatic heterocycles. The third-order valence-electron chi connectivity index (χ3n) is 3.90. The summed E-state index contributed by atoms with van der Waals surface area (Å²) in [6, 6.07) is 21.5. The molecule has 0 aliphatic carbocycles. The lowest BCUT2D eigenvalue weighted by atomic mass is 10.2. The van der Waals surface area contributed by atoms with Crippen LogP contribution in [0.5, 0.6) is 11.5 Å². The molecule has 0 spiro atoms. The fourth-order valence-corrected chi connectivity index (χ4v) is 3.01. The molecule has 0 atom stereocenters. The van der Waals surface area contributed by atoms with Crippen LogP contribution in [0.2, 0.25) is 5.02 Å². The highest BCUT2D eigenvalue weighted by molar-refractivity contribution is 9.10. The predicted molar refractivity (Wildman–Crippen MR) is 110 cm³/mol. The summed E-state index contributed by atoms with van der Waals surface area (Å²) in [4.78, 5) is 0. The van der Waals surface area contributed by atoms with Gasteiger partial charge in [0.1, 0.15) is 18.1 Å². The lowest BCUT2D eigenvalue weighted by Crippen LogP contribution is -2.04. The van der Waals surface area contributed by atoms with E-state index in [-0.39, 0.29) is 0 Å². The van der Waals surface area contributed by atoms with E-state index >= 15 is 0 Å². The van der Waals surface area contributed by atoms with Crippen molar-refractivity contribution in [2.75, 3.05) is 12.4 Å². The molecule has 3 aromatic rings. The second kappa shape index (κ2) is 8.97. The van der Waals surface area contributed by atoms with Gasteiger partial charge in [-0.05, 0) is 60.2 Å². The Kier molecular flexibility index (Phi) is 6.42. The number of rotatable bonds is 7. The Labute approximate surface area is 167 Å². The van der Waals surface area contributed by atoms with Crippen molar-refractivity contribution in [1.29, 1.82) is 0 Å². The smallest absolute Gasteiger partial charge is 0.124 e. The van der Waals surface area contributed by atoms with Crippen LogP contribution in [0.4, 0.5) is 5.69 Å². The first kappa shape index (κ1) is 18.6. The molecular formula is C21H19BrClNO2. The van der Waals surface area contributed by atoms with Gasteiger partial charge < -0.3 is 14.8 Å². The van der Waals surface area contributed by atoms with Gasteiger partial charge >= 0.3 is 0 Å². The van der Waals surface area contributed by atoms with Gasteiger partial charge in [0.05, 0.1) is 7.11 Å². The average Bonchev–Trinajstić information content (AvgIpc) is 2.67. The molecule has 0 saturated heterocycles. The third-order valence-corrected chi connectivity index (χ3v) is 4.65. The molecule has 1 N–H and O–H groups in total. The number of anilines is 1. The van der Waals surface area contributed by atoms with Crippen molar-refractivity contribution < 1.29 is 9.47 Å². The number of hydrogen-bond acceptors (Lipinski definition) is 3. The topological polar surface area (TPSA) is 30.5 Å². The van der Waals surface area contributed by atoms with Crippen molar-refractivity contribution in [2.24, 2.45) is 0 Å². The van der Waals surface area contributed by atoms with E-state index in [0.29, 0.717) is 13.2 Å². The maximum atomic E-state index is 6.02. The summed E-state index contributed by atoms with van der Waals surface area (Å²) in [5, 5.41) is 4.14. The van der Waals surface area contributed by atoms with Crippen LogP contribution in [0.25, 0.3) is 0 Å².